The first-order valence-electron chi connectivity index (χ1n) is 6.13. The molecule has 15 heavy (non-hydrogen) atoms. The van der Waals surface area contributed by atoms with Gasteiger partial charge in [-0.25, -0.2) is 0 Å². The Balaban J connectivity index is 2.95. The number of carbonyl (C=O) groups is 1. The first-order valence-corrected chi connectivity index (χ1v) is 6.13. The van der Waals surface area contributed by atoms with E-state index in [1.54, 1.807) is 0 Å². The van der Waals surface area contributed by atoms with Gasteiger partial charge < -0.3 is 4.79 Å². The van der Waals surface area contributed by atoms with Crippen LogP contribution in [0.2, 0.25) is 0 Å². The highest BCUT2D eigenvalue weighted by atomic mass is 16.1. The normalized spacial score (nSPS) is 10.7. The summed E-state index contributed by atoms with van der Waals surface area (Å²) in [7, 11) is 0. The largest absolute Gasteiger partial charge is 0.303 e. The topological polar surface area (TPSA) is 17.1 Å². The molecule has 0 rings (SSSR count). The van der Waals surface area contributed by atoms with Crippen molar-refractivity contribution in [3.63, 3.8) is 0 Å². The van der Waals surface area contributed by atoms with E-state index >= 15 is 0 Å². The first-order chi connectivity index (χ1) is 7.41. The van der Waals surface area contributed by atoms with Crippen molar-refractivity contribution in [1.82, 2.24) is 0 Å². The zero-order valence-electron chi connectivity index (χ0n) is 9.79. The van der Waals surface area contributed by atoms with Crippen molar-refractivity contribution < 1.29 is 4.79 Å². The number of aldehydes is 1. The van der Waals surface area contributed by atoms with Crippen LogP contribution in [0.15, 0.2) is 24.8 Å². The molecule has 0 atom stereocenters. The molecule has 0 spiro atoms. The smallest absolute Gasteiger partial charge is 0.119 e. The highest BCUT2D eigenvalue weighted by Crippen LogP contribution is 2.09. The third-order valence-corrected chi connectivity index (χ3v) is 2.46. The fraction of sp³-hybridized carbons (Fsp3) is 0.643. The van der Waals surface area contributed by atoms with Crippen LogP contribution in [0.25, 0.3) is 0 Å². The molecule has 0 aromatic carbocycles. The van der Waals surface area contributed by atoms with Gasteiger partial charge in [-0.15, -0.1) is 0 Å². The van der Waals surface area contributed by atoms with E-state index in [1.807, 2.05) is 12.2 Å². The molecule has 86 valence electrons. The molecule has 0 fully saturated rings. The summed E-state index contributed by atoms with van der Waals surface area (Å²) >= 11 is 0. The number of unbranched alkanes of at least 4 members (excludes halogenated alkanes) is 8. The fourth-order valence-electron chi connectivity index (χ4n) is 1.57. The lowest BCUT2D eigenvalue weighted by Gasteiger charge is -1.99. The number of rotatable bonds is 11. The molecule has 0 aromatic heterocycles. The van der Waals surface area contributed by atoms with Gasteiger partial charge in [0, 0.05) is 6.42 Å². The van der Waals surface area contributed by atoms with E-state index in [0.717, 1.165) is 19.1 Å². The average molecular weight is 208 g/mol. The minimum absolute atomic E-state index is 0.742. The molecule has 0 N–H and O–H groups in total. The van der Waals surface area contributed by atoms with E-state index < -0.39 is 0 Å². The van der Waals surface area contributed by atoms with Crippen molar-refractivity contribution in [2.24, 2.45) is 0 Å². The second kappa shape index (κ2) is 13.2. The summed E-state index contributed by atoms with van der Waals surface area (Å²) in [5.74, 6) is 0. The van der Waals surface area contributed by atoms with Crippen LogP contribution >= 0.6 is 0 Å². The number of hydrogen-bond acceptors (Lipinski definition) is 1. The molecule has 0 unspecified atom stereocenters. The average Bonchev–Trinajstić information content (AvgIpc) is 2.26. The summed E-state index contributed by atoms with van der Waals surface area (Å²) in [6, 6.07) is 0. The summed E-state index contributed by atoms with van der Waals surface area (Å²) < 4.78 is 0. The standard InChI is InChI=1S/C14H24O/c1-2-3-4-5-6-7-8-9-10-11-12-13-14-15/h2-4,14H,1,5-13H2/b4-3-. The van der Waals surface area contributed by atoms with Crippen molar-refractivity contribution in [2.45, 2.75) is 57.8 Å². The monoisotopic (exact) mass is 208 g/mol. The van der Waals surface area contributed by atoms with E-state index in [4.69, 9.17) is 0 Å². The number of carbonyl (C=O) groups excluding carboxylic acids is 1. The van der Waals surface area contributed by atoms with Crippen LogP contribution in [-0.2, 0) is 4.79 Å². The lowest BCUT2D eigenvalue weighted by atomic mass is 10.1. The lowest BCUT2D eigenvalue weighted by Crippen LogP contribution is -1.81. The van der Waals surface area contributed by atoms with E-state index in [2.05, 4.69) is 12.7 Å². The van der Waals surface area contributed by atoms with Crippen molar-refractivity contribution in [2.75, 3.05) is 0 Å². The SMILES string of the molecule is C=C/C=C\CCCCCCCCCC=O. The minimum Gasteiger partial charge on any atom is -0.303 e. The van der Waals surface area contributed by atoms with Gasteiger partial charge in [-0.2, -0.15) is 0 Å². The van der Waals surface area contributed by atoms with Crippen LogP contribution in [0.4, 0.5) is 0 Å². The number of allylic oxidation sites excluding steroid dienone is 3. The van der Waals surface area contributed by atoms with Crippen molar-refractivity contribution in [3.8, 4) is 0 Å². The van der Waals surface area contributed by atoms with Gasteiger partial charge in [-0.1, -0.05) is 56.9 Å². The summed E-state index contributed by atoms with van der Waals surface area (Å²) in [5, 5.41) is 0. The van der Waals surface area contributed by atoms with Crippen LogP contribution in [0.5, 0.6) is 0 Å². The zero-order valence-corrected chi connectivity index (χ0v) is 9.79. The van der Waals surface area contributed by atoms with Crippen LogP contribution in [0, 0.1) is 0 Å². The second-order valence-corrected chi connectivity index (χ2v) is 3.88. The maximum atomic E-state index is 10.1. The lowest BCUT2D eigenvalue weighted by molar-refractivity contribution is -0.107. The molecular formula is C14H24O. The van der Waals surface area contributed by atoms with Gasteiger partial charge in [0.25, 0.3) is 0 Å². The third-order valence-electron chi connectivity index (χ3n) is 2.46. The number of hydrogen-bond donors (Lipinski definition) is 0. The van der Waals surface area contributed by atoms with E-state index in [9.17, 15) is 4.79 Å². The molecule has 0 heterocycles. The third kappa shape index (κ3) is 13.2. The molecule has 1 nitrogen and oxygen atoms in total. The summed E-state index contributed by atoms with van der Waals surface area (Å²) in [5.41, 5.74) is 0. The summed E-state index contributed by atoms with van der Waals surface area (Å²) in [6.45, 7) is 3.63. The Bertz CT molecular complexity index is 170. The molecule has 0 aliphatic carbocycles. The Hall–Kier alpha value is -0.850. The maximum absolute atomic E-state index is 10.1. The van der Waals surface area contributed by atoms with Crippen molar-refractivity contribution in [1.29, 1.82) is 0 Å². The second-order valence-electron chi connectivity index (χ2n) is 3.88. The van der Waals surface area contributed by atoms with Gasteiger partial charge in [0.05, 0.1) is 0 Å². The van der Waals surface area contributed by atoms with E-state index in [0.29, 0.717) is 0 Å². The molecule has 0 bridgehead atoms. The van der Waals surface area contributed by atoms with Crippen molar-refractivity contribution in [3.05, 3.63) is 24.8 Å². The Morgan fingerprint density at radius 1 is 0.800 bits per heavy atom. The highest BCUT2D eigenvalue weighted by molar-refractivity contribution is 5.48. The van der Waals surface area contributed by atoms with Crippen LogP contribution in [-0.4, -0.2) is 6.29 Å². The molecule has 0 saturated carbocycles. The van der Waals surface area contributed by atoms with Crippen LogP contribution < -0.4 is 0 Å². The van der Waals surface area contributed by atoms with Gasteiger partial charge in [0.15, 0.2) is 0 Å². The Labute approximate surface area is 94.3 Å². The Morgan fingerprint density at radius 3 is 1.87 bits per heavy atom. The molecule has 0 radical (unpaired) electrons. The molecule has 0 aliphatic rings. The maximum Gasteiger partial charge on any atom is 0.119 e. The molecule has 0 saturated heterocycles. The van der Waals surface area contributed by atoms with Gasteiger partial charge in [0.2, 0.25) is 0 Å². The Morgan fingerprint density at radius 2 is 1.33 bits per heavy atom. The highest BCUT2D eigenvalue weighted by Gasteiger charge is 1.90. The predicted octanol–water partition coefficient (Wildman–Crippen LogP) is 4.44. The molecule has 0 aliphatic heterocycles. The van der Waals surface area contributed by atoms with Crippen LogP contribution in [0.3, 0.4) is 0 Å². The van der Waals surface area contributed by atoms with Gasteiger partial charge >= 0.3 is 0 Å². The van der Waals surface area contributed by atoms with Gasteiger partial charge in [-0.3, -0.25) is 0 Å². The van der Waals surface area contributed by atoms with Crippen molar-refractivity contribution >= 4 is 6.29 Å². The molecule has 1 heteroatoms. The molecule has 0 aromatic rings. The molecular weight excluding hydrogens is 184 g/mol. The summed E-state index contributed by atoms with van der Waals surface area (Å²) in [6.07, 6.45) is 17.8. The van der Waals surface area contributed by atoms with Crippen LogP contribution in [0.1, 0.15) is 57.8 Å². The fourth-order valence-corrected chi connectivity index (χ4v) is 1.57. The van der Waals surface area contributed by atoms with Gasteiger partial charge in [0.1, 0.15) is 6.29 Å². The quantitative estimate of drug-likeness (QED) is 0.279. The van der Waals surface area contributed by atoms with Gasteiger partial charge in [-0.05, 0) is 19.3 Å². The minimum atomic E-state index is 0.742. The zero-order chi connectivity index (χ0) is 11.2. The Kier molecular flexibility index (Phi) is 12.4. The van der Waals surface area contributed by atoms with E-state index in [1.165, 1.54) is 44.9 Å². The van der Waals surface area contributed by atoms with E-state index in [-0.39, 0.29) is 0 Å². The predicted molar refractivity (Wildman–Crippen MR) is 67.0 cm³/mol. The molecule has 0 amide bonds. The summed E-state index contributed by atoms with van der Waals surface area (Å²) in [4.78, 5) is 10.1. The first kappa shape index (κ1) is 14.2.